The van der Waals surface area contributed by atoms with Crippen molar-refractivity contribution in [3.05, 3.63) is 90.3 Å². The van der Waals surface area contributed by atoms with Gasteiger partial charge in [-0.2, -0.15) is 0 Å². The fourth-order valence-corrected chi connectivity index (χ4v) is 5.84. The standard InChI is InChI=1S/C28H26BrIN2O3S/c1-4-20-8-6-7-9-23(20)31-28-32(5-2)27(33)25(36-28)16-19-14-22(30)26(24(15-19)34-3)35-17-18-10-12-21(29)13-11-18/h6-16H,4-5,17H2,1-3H3/b25-16+,31-28?. The van der Waals surface area contributed by atoms with Gasteiger partial charge in [-0.1, -0.05) is 53.2 Å². The number of amides is 1. The SMILES string of the molecule is CCc1ccccc1N=C1S/C(=C/c2cc(I)c(OCc3ccc(Br)cc3)c(OC)c2)C(=O)N1CC. The van der Waals surface area contributed by atoms with Gasteiger partial charge in [-0.25, -0.2) is 4.99 Å². The Labute approximate surface area is 238 Å². The molecule has 36 heavy (non-hydrogen) atoms. The molecule has 186 valence electrons. The molecule has 3 aromatic carbocycles. The minimum atomic E-state index is -0.0419. The summed E-state index contributed by atoms with van der Waals surface area (Å²) in [6.45, 7) is 5.06. The zero-order chi connectivity index (χ0) is 25.7. The lowest BCUT2D eigenvalue weighted by Crippen LogP contribution is -2.28. The third-order valence-electron chi connectivity index (χ3n) is 5.64. The van der Waals surface area contributed by atoms with Crippen LogP contribution in [0.4, 0.5) is 5.69 Å². The molecule has 0 unspecified atom stereocenters. The van der Waals surface area contributed by atoms with Gasteiger partial charge in [0.2, 0.25) is 0 Å². The van der Waals surface area contributed by atoms with Crippen molar-refractivity contribution in [3.63, 3.8) is 0 Å². The van der Waals surface area contributed by atoms with E-state index in [9.17, 15) is 4.79 Å². The molecule has 1 amide bonds. The number of hydrogen-bond acceptors (Lipinski definition) is 5. The largest absolute Gasteiger partial charge is 0.493 e. The maximum atomic E-state index is 13.2. The molecule has 0 aliphatic carbocycles. The lowest BCUT2D eigenvalue weighted by atomic mass is 10.1. The number of carbonyl (C=O) groups is 1. The van der Waals surface area contributed by atoms with E-state index in [4.69, 9.17) is 14.5 Å². The van der Waals surface area contributed by atoms with Gasteiger partial charge in [-0.15, -0.1) is 0 Å². The molecular weight excluding hydrogens is 651 g/mol. The molecule has 0 aromatic heterocycles. The number of nitrogens with zero attached hydrogens (tertiary/aromatic N) is 2. The second-order valence-electron chi connectivity index (χ2n) is 7.99. The third kappa shape index (κ3) is 6.15. The van der Waals surface area contributed by atoms with Crippen LogP contribution in [0.1, 0.15) is 30.5 Å². The molecule has 0 saturated carbocycles. The molecule has 3 aromatic rings. The second kappa shape index (κ2) is 12.3. The Bertz CT molecular complexity index is 1320. The maximum Gasteiger partial charge on any atom is 0.266 e. The van der Waals surface area contributed by atoms with Crippen LogP contribution < -0.4 is 9.47 Å². The summed E-state index contributed by atoms with van der Waals surface area (Å²) in [7, 11) is 1.62. The highest BCUT2D eigenvalue weighted by Crippen LogP contribution is 2.38. The van der Waals surface area contributed by atoms with Crippen molar-refractivity contribution in [1.29, 1.82) is 0 Å². The van der Waals surface area contributed by atoms with Crippen LogP contribution in [0, 0.1) is 3.57 Å². The van der Waals surface area contributed by atoms with E-state index < -0.39 is 0 Å². The Balaban J connectivity index is 1.60. The zero-order valence-electron chi connectivity index (χ0n) is 20.3. The molecule has 1 aliphatic heterocycles. The van der Waals surface area contributed by atoms with Gasteiger partial charge >= 0.3 is 0 Å². The van der Waals surface area contributed by atoms with Crippen LogP contribution in [-0.2, 0) is 17.8 Å². The summed E-state index contributed by atoms with van der Waals surface area (Å²) in [6, 6.07) is 20.0. The van der Waals surface area contributed by atoms with Gasteiger partial charge in [0.15, 0.2) is 16.7 Å². The van der Waals surface area contributed by atoms with Crippen LogP contribution in [-0.4, -0.2) is 29.6 Å². The summed E-state index contributed by atoms with van der Waals surface area (Å²) < 4.78 is 13.7. The number of aliphatic imine (C=N–C) groups is 1. The number of halogens is 2. The number of para-hydroxylation sites is 1. The summed E-state index contributed by atoms with van der Waals surface area (Å²) >= 11 is 7.10. The summed E-state index contributed by atoms with van der Waals surface area (Å²) in [5.41, 5.74) is 3.99. The van der Waals surface area contributed by atoms with Gasteiger partial charge in [-0.05, 0) is 101 Å². The van der Waals surface area contributed by atoms with Crippen molar-refractivity contribution in [3.8, 4) is 11.5 Å². The van der Waals surface area contributed by atoms with Gasteiger partial charge in [0.25, 0.3) is 5.91 Å². The van der Waals surface area contributed by atoms with E-state index in [0.717, 1.165) is 36.8 Å². The number of ether oxygens (including phenoxy) is 2. The average Bonchev–Trinajstić information content (AvgIpc) is 3.17. The fourth-order valence-electron chi connectivity index (χ4n) is 3.74. The summed E-state index contributed by atoms with van der Waals surface area (Å²) in [6.07, 6.45) is 2.78. The van der Waals surface area contributed by atoms with Crippen LogP contribution in [0.2, 0.25) is 0 Å². The van der Waals surface area contributed by atoms with Gasteiger partial charge in [0.05, 0.1) is 21.3 Å². The molecular formula is C28H26BrIN2O3S. The molecule has 0 atom stereocenters. The lowest BCUT2D eigenvalue weighted by molar-refractivity contribution is -0.122. The molecule has 0 spiro atoms. The third-order valence-corrected chi connectivity index (χ3v) is 7.98. The number of methoxy groups -OCH3 is 1. The minimum Gasteiger partial charge on any atom is -0.493 e. The Morgan fingerprint density at radius 1 is 1.11 bits per heavy atom. The van der Waals surface area contributed by atoms with Crippen molar-refractivity contribution in [1.82, 2.24) is 4.90 Å². The number of benzene rings is 3. The normalized spacial score (nSPS) is 15.7. The topological polar surface area (TPSA) is 51.1 Å². The Hall–Kier alpha value is -2.30. The highest BCUT2D eigenvalue weighted by Gasteiger charge is 2.32. The summed E-state index contributed by atoms with van der Waals surface area (Å²) in [4.78, 5) is 20.4. The first-order valence-corrected chi connectivity index (χ1v) is 14.2. The molecule has 4 rings (SSSR count). The minimum absolute atomic E-state index is 0.0419. The monoisotopic (exact) mass is 676 g/mol. The van der Waals surface area contributed by atoms with Crippen molar-refractivity contribution in [2.45, 2.75) is 26.9 Å². The van der Waals surface area contributed by atoms with Gasteiger partial charge in [0, 0.05) is 11.0 Å². The Kier molecular flexibility index (Phi) is 9.14. The number of carbonyl (C=O) groups excluding carboxylic acids is 1. The number of amidine groups is 1. The number of likely N-dealkylation sites (N-methyl/N-ethyl adjacent to an activating group) is 1. The van der Waals surface area contributed by atoms with Crippen molar-refractivity contribution >= 4 is 73.1 Å². The van der Waals surface area contributed by atoms with E-state index in [1.54, 1.807) is 12.0 Å². The molecule has 0 bridgehead atoms. The van der Waals surface area contributed by atoms with Crippen LogP contribution in [0.25, 0.3) is 6.08 Å². The van der Waals surface area contributed by atoms with Crippen LogP contribution in [0.15, 0.2) is 75.0 Å². The van der Waals surface area contributed by atoms with Crippen molar-refractivity contribution in [2.24, 2.45) is 4.99 Å². The van der Waals surface area contributed by atoms with Crippen LogP contribution in [0.3, 0.4) is 0 Å². The molecule has 5 nitrogen and oxygen atoms in total. The molecule has 1 saturated heterocycles. The number of rotatable bonds is 8. The predicted octanol–water partition coefficient (Wildman–Crippen LogP) is 7.83. The van der Waals surface area contributed by atoms with Gasteiger partial charge in [0.1, 0.15) is 6.61 Å². The smallest absolute Gasteiger partial charge is 0.266 e. The van der Waals surface area contributed by atoms with Crippen LogP contribution in [0.5, 0.6) is 11.5 Å². The molecule has 1 heterocycles. The number of thioether (sulfide) groups is 1. The first-order chi connectivity index (χ1) is 17.4. The quantitative estimate of drug-likeness (QED) is 0.180. The fraction of sp³-hybridized carbons (Fsp3) is 0.214. The van der Waals surface area contributed by atoms with Crippen molar-refractivity contribution < 1.29 is 14.3 Å². The molecule has 1 fully saturated rings. The maximum absolute atomic E-state index is 13.2. The molecule has 0 N–H and O–H groups in total. The number of hydrogen-bond donors (Lipinski definition) is 0. The first kappa shape index (κ1) is 26.8. The molecule has 8 heteroatoms. The Morgan fingerprint density at radius 3 is 2.56 bits per heavy atom. The van der Waals surface area contributed by atoms with Gasteiger partial charge in [-0.3, -0.25) is 9.69 Å². The highest BCUT2D eigenvalue weighted by molar-refractivity contribution is 14.1. The van der Waals surface area contributed by atoms with E-state index in [0.29, 0.717) is 34.7 Å². The lowest BCUT2D eigenvalue weighted by Gasteiger charge is -2.14. The summed E-state index contributed by atoms with van der Waals surface area (Å²) in [5.74, 6) is 1.27. The van der Waals surface area contributed by atoms with E-state index in [2.05, 4.69) is 51.5 Å². The predicted molar refractivity (Wildman–Crippen MR) is 160 cm³/mol. The number of aryl methyl sites for hydroxylation is 1. The second-order valence-corrected chi connectivity index (χ2v) is 11.1. The van der Waals surface area contributed by atoms with Gasteiger partial charge < -0.3 is 9.47 Å². The molecule has 0 radical (unpaired) electrons. The first-order valence-electron chi connectivity index (χ1n) is 11.6. The summed E-state index contributed by atoms with van der Waals surface area (Å²) in [5, 5.41) is 0.700. The van der Waals surface area contributed by atoms with Crippen LogP contribution >= 0.6 is 50.3 Å². The van der Waals surface area contributed by atoms with E-state index in [1.807, 2.05) is 67.6 Å². The van der Waals surface area contributed by atoms with E-state index >= 15 is 0 Å². The Morgan fingerprint density at radius 2 is 1.86 bits per heavy atom. The highest BCUT2D eigenvalue weighted by atomic mass is 127. The molecule has 1 aliphatic rings. The van der Waals surface area contributed by atoms with E-state index in [-0.39, 0.29) is 5.91 Å². The van der Waals surface area contributed by atoms with E-state index in [1.165, 1.54) is 11.8 Å². The zero-order valence-corrected chi connectivity index (χ0v) is 24.8. The van der Waals surface area contributed by atoms with Crippen molar-refractivity contribution in [2.75, 3.05) is 13.7 Å². The average molecular weight is 677 g/mol.